The molecule has 26 heavy (non-hydrogen) atoms. The van der Waals surface area contributed by atoms with E-state index in [9.17, 15) is 9.90 Å². The van der Waals surface area contributed by atoms with Crippen molar-refractivity contribution in [1.29, 1.82) is 0 Å². The highest BCUT2D eigenvalue weighted by Crippen LogP contribution is 2.45. The van der Waals surface area contributed by atoms with Crippen LogP contribution in [0.15, 0.2) is 4.99 Å². The number of rotatable bonds is 6. The average Bonchev–Trinajstić information content (AvgIpc) is 2.96. The predicted octanol–water partition coefficient (Wildman–Crippen LogP) is 1.97. The van der Waals surface area contributed by atoms with Gasteiger partial charge in [0.1, 0.15) is 29.8 Å². The molecule has 2 aliphatic rings. The van der Waals surface area contributed by atoms with Crippen LogP contribution >= 0.6 is 11.8 Å². The number of ether oxygens (including phenoxy) is 4. The molecule has 8 nitrogen and oxygen atoms in total. The monoisotopic (exact) mass is 390 g/mol. The van der Waals surface area contributed by atoms with Gasteiger partial charge in [0, 0.05) is 21.3 Å². The highest BCUT2D eigenvalue weighted by molar-refractivity contribution is 8.14. The fourth-order valence-electron chi connectivity index (χ4n) is 3.28. The molecular formula is C17H30N2O6S. The third-order valence-corrected chi connectivity index (χ3v) is 6.63. The van der Waals surface area contributed by atoms with E-state index in [0.29, 0.717) is 11.7 Å². The molecule has 1 fully saturated rings. The number of nitrogens with zero attached hydrogens (tertiary/aromatic N) is 1. The second-order valence-corrected chi connectivity index (χ2v) is 8.83. The maximum absolute atomic E-state index is 11.4. The molecule has 2 N–H and O–H groups in total. The fraction of sp³-hybridized carbons (Fsp3) is 0.882. The number of thioether (sulfide) groups is 1. The first-order valence-corrected chi connectivity index (χ1v) is 9.43. The Labute approximate surface area is 159 Å². The van der Waals surface area contributed by atoms with Crippen molar-refractivity contribution in [1.82, 2.24) is 5.32 Å². The standard InChI is InChI=1S/C17H30N2O6S/c1-16(2,3)17(4,19-15(20)21)14-18-10-12(24-7)11(23-6)9(8-22-5)25-13(10)26-14/h9-13,19H,8H2,1-7H3,(H,20,21)/t9-,10-,11-,12-,13-,17?/m1/s1. The van der Waals surface area contributed by atoms with Gasteiger partial charge < -0.3 is 29.4 Å². The highest BCUT2D eigenvalue weighted by atomic mass is 32.2. The normalized spacial score (nSPS) is 34.0. The summed E-state index contributed by atoms with van der Waals surface area (Å²) < 4.78 is 22.7. The number of aliphatic imine (C=N–C) groups is 1. The van der Waals surface area contributed by atoms with Crippen LogP contribution in [0.25, 0.3) is 0 Å². The van der Waals surface area contributed by atoms with Crippen LogP contribution in [0.5, 0.6) is 0 Å². The van der Waals surface area contributed by atoms with Gasteiger partial charge in [-0.2, -0.15) is 0 Å². The highest BCUT2D eigenvalue weighted by Gasteiger charge is 2.54. The topological polar surface area (TPSA) is 98.6 Å². The van der Waals surface area contributed by atoms with Crippen LogP contribution in [0.4, 0.5) is 4.79 Å². The lowest BCUT2D eigenvalue weighted by Gasteiger charge is -2.42. The smallest absolute Gasteiger partial charge is 0.405 e. The molecule has 1 unspecified atom stereocenters. The molecule has 2 aliphatic heterocycles. The van der Waals surface area contributed by atoms with Gasteiger partial charge in [0.15, 0.2) is 0 Å². The van der Waals surface area contributed by atoms with Gasteiger partial charge in [-0.05, 0) is 12.3 Å². The zero-order chi connectivity index (χ0) is 19.7. The van der Waals surface area contributed by atoms with Crippen LogP contribution < -0.4 is 5.32 Å². The third-order valence-electron chi connectivity index (χ3n) is 5.27. The predicted molar refractivity (Wildman–Crippen MR) is 100.0 cm³/mol. The van der Waals surface area contributed by atoms with Crippen molar-refractivity contribution in [2.24, 2.45) is 10.4 Å². The number of hydrogen-bond acceptors (Lipinski definition) is 7. The van der Waals surface area contributed by atoms with E-state index in [1.165, 1.54) is 11.8 Å². The van der Waals surface area contributed by atoms with Crippen molar-refractivity contribution < 1.29 is 28.8 Å². The Bertz CT molecular complexity index is 552. The first kappa shape index (κ1) is 21.4. The minimum Gasteiger partial charge on any atom is -0.465 e. The summed E-state index contributed by atoms with van der Waals surface area (Å²) in [6.07, 6.45) is -2.00. The van der Waals surface area contributed by atoms with Gasteiger partial charge in [0.25, 0.3) is 0 Å². The van der Waals surface area contributed by atoms with Crippen LogP contribution in [-0.4, -0.2) is 79.5 Å². The molecule has 2 heterocycles. The maximum Gasteiger partial charge on any atom is 0.405 e. The summed E-state index contributed by atoms with van der Waals surface area (Å²) in [5.74, 6) is 0. The van der Waals surface area contributed by atoms with Gasteiger partial charge >= 0.3 is 6.09 Å². The van der Waals surface area contributed by atoms with Crippen molar-refractivity contribution in [2.45, 2.75) is 63.0 Å². The Morgan fingerprint density at radius 3 is 2.31 bits per heavy atom. The number of carbonyl (C=O) groups is 1. The number of carboxylic acid groups (broad SMARTS) is 1. The second-order valence-electron chi connectivity index (χ2n) is 7.75. The Kier molecular flexibility index (Phi) is 6.61. The summed E-state index contributed by atoms with van der Waals surface area (Å²) in [7, 11) is 4.85. The van der Waals surface area contributed by atoms with Crippen molar-refractivity contribution in [3.63, 3.8) is 0 Å². The molecule has 0 aromatic heterocycles. The molecule has 0 aliphatic carbocycles. The van der Waals surface area contributed by atoms with Crippen LogP contribution in [-0.2, 0) is 18.9 Å². The zero-order valence-electron chi connectivity index (χ0n) is 16.4. The molecule has 0 spiro atoms. The molecule has 6 atom stereocenters. The minimum atomic E-state index is -1.09. The van der Waals surface area contributed by atoms with E-state index in [1.807, 2.05) is 27.7 Å². The fourth-order valence-corrected chi connectivity index (χ4v) is 4.83. The second kappa shape index (κ2) is 8.02. The summed E-state index contributed by atoms with van der Waals surface area (Å²) in [5.41, 5.74) is -1.53. The van der Waals surface area contributed by atoms with E-state index in [0.717, 1.165) is 0 Å². The summed E-state index contributed by atoms with van der Waals surface area (Å²) >= 11 is 1.44. The van der Waals surface area contributed by atoms with Gasteiger partial charge in [-0.3, -0.25) is 4.99 Å². The van der Waals surface area contributed by atoms with Crippen LogP contribution in [0, 0.1) is 5.41 Å². The van der Waals surface area contributed by atoms with Gasteiger partial charge in [0.2, 0.25) is 0 Å². The molecule has 0 aromatic carbocycles. The van der Waals surface area contributed by atoms with Crippen molar-refractivity contribution in [3.8, 4) is 0 Å². The zero-order valence-corrected chi connectivity index (χ0v) is 17.3. The van der Waals surface area contributed by atoms with E-state index in [4.69, 9.17) is 23.9 Å². The number of amides is 1. The SMILES string of the molecule is COC[C@H]1O[C@@H]2SC(C(C)(NC(=O)O)C(C)(C)C)=N[C@@H]2[C@@H](OC)[C@@H]1OC. The molecule has 0 radical (unpaired) electrons. The van der Waals surface area contributed by atoms with E-state index in [1.54, 1.807) is 21.3 Å². The lowest BCUT2D eigenvalue weighted by Crippen LogP contribution is -2.59. The van der Waals surface area contributed by atoms with Gasteiger partial charge in [-0.25, -0.2) is 4.79 Å². The molecule has 0 saturated carbocycles. The van der Waals surface area contributed by atoms with Gasteiger partial charge in [0.05, 0.1) is 17.2 Å². The Morgan fingerprint density at radius 1 is 1.23 bits per heavy atom. The molecule has 1 amide bonds. The lowest BCUT2D eigenvalue weighted by atomic mass is 9.75. The Balaban J connectivity index is 2.37. The molecule has 9 heteroatoms. The summed E-state index contributed by atoms with van der Waals surface area (Å²) in [4.78, 5) is 16.3. The number of hydrogen-bond donors (Lipinski definition) is 2. The van der Waals surface area contributed by atoms with Crippen LogP contribution in [0.1, 0.15) is 27.7 Å². The van der Waals surface area contributed by atoms with Crippen molar-refractivity contribution in [2.75, 3.05) is 27.9 Å². The van der Waals surface area contributed by atoms with E-state index in [-0.39, 0.29) is 35.2 Å². The quantitative estimate of drug-likeness (QED) is 0.715. The van der Waals surface area contributed by atoms with Gasteiger partial charge in [-0.15, -0.1) is 0 Å². The van der Waals surface area contributed by atoms with Crippen molar-refractivity contribution in [3.05, 3.63) is 0 Å². The summed E-state index contributed by atoms with van der Waals surface area (Å²) in [5, 5.41) is 12.7. The maximum atomic E-state index is 11.4. The number of fused-ring (bicyclic) bond motifs is 1. The van der Waals surface area contributed by atoms with Crippen molar-refractivity contribution >= 4 is 22.9 Å². The Morgan fingerprint density at radius 2 is 1.85 bits per heavy atom. The molecule has 0 aromatic rings. The van der Waals surface area contributed by atoms with E-state index in [2.05, 4.69) is 5.32 Å². The first-order valence-electron chi connectivity index (χ1n) is 8.55. The van der Waals surface area contributed by atoms with Gasteiger partial charge in [-0.1, -0.05) is 32.5 Å². The first-order chi connectivity index (χ1) is 12.1. The largest absolute Gasteiger partial charge is 0.465 e. The van der Waals surface area contributed by atoms with E-state index >= 15 is 0 Å². The summed E-state index contributed by atoms with van der Waals surface area (Å²) in [6.45, 7) is 8.17. The molecule has 150 valence electrons. The van der Waals surface area contributed by atoms with Crippen LogP contribution in [0.3, 0.4) is 0 Å². The van der Waals surface area contributed by atoms with Crippen LogP contribution in [0.2, 0.25) is 0 Å². The molecule has 1 saturated heterocycles. The third kappa shape index (κ3) is 3.87. The average molecular weight is 391 g/mol. The molecule has 2 rings (SSSR count). The summed E-state index contributed by atoms with van der Waals surface area (Å²) in [6, 6.07) is -0.282. The minimum absolute atomic E-state index is 0.279. The molecule has 0 bridgehead atoms. The number of methoxy groups -OCH3 is 3. The number of nitrogens with one attached hydrogen (secondary N) is 1. The Hall–Kier alpha value is -0.870. The molecular weight excluding hydrogens is 360 g/mol. The van der Waals surface area contributed by atoms with E-state index < -0.39 is 11.6 Å². The lowest BCUT2D eigenvalue weighted by molar-refractivity contribution is -0.185.